The summed E-state index contributed by atoms with van der Waals surface area (Å²) < 4.78 is 0. The van der Waals surface area contributed by atoms with Crippen LogP contribution in [0, 0.1) is 5.92 Å². The molecule has 1 atom stereocenters. The fourth-order valence-electron chi connectivity index (χ4n) is 2.59. The van der Waals surface area contributed by atoms with Crippen molar-refractivity contribution in [3.8, 4) is 0 Å². The summed E-state index contributed by atoms with van der Waals surface area (Å²) in [5.41, 5.74) is 0. The summed E-state index contributed by atoms with van der Waals surface area (Å²) in [6.07, 6.45) is 6.14. The van der Waals surface area contributed by atoms with Gasteiger partial charge in [-0.05, 0) is 25.7 Å². The number of nitrogens with zero attached hydrogens (tertiary/aromatic N) is 1. The van der Waals surface area contributed by atoms with Crippen molar-refractivity contribution >= 4 is 22.9 Å². The largest absolute Gasteiger partial charge is 0.289 e. The molecule has 1 unspecified atom stereocenters. The van der Waals surface area contributed by atoms with Crippen LogP contribution in [-0.2, 0) is 4.79 Å². The summed E-state index contributed by atoms with van der Waals surface area (Å²) in [6.45, 7) is 2.03. The van der Waals surface area contributed by atoms with Crippen molar-refractivity contribution < 1.29 is 9.59 Å². The van der Waals surface area contributed by atoms with Gasteiger partial charge in [0.2, 0.25) is 5.91 Å². The summed E-state index contributed by atoms with van der Waals surface area (Å²) in [5, 5.41) is -0.0435. The lowest BCUT2D eigenvalue weighted by atomic mass is 9.84. The van der Waals surface area contributed by atoms with Gasteiger partial charge in [-0.25, -0.2) is 0 Å². The summed E-state index contributed by atoms with van der Waals surface area (Å²) in [7, 11) is 0. The molecule has 1 aliphatic heterocycles. The highest BCUT2D eigenvalue weighted by Gasteiger charge is 2.37. The Morgan fingerprint density at radius 1 is 1.27 bits per heavy atom. The molecule has 4 heteroatoms. The Labute approximate surface area is 94.6 Å². The van der Waals surface area contributed by atoms with Crippen molar-refractivity contribution in [2.24, 2.45) is 5.92 Å². The van der Waals surface area contributed by atoms with Gasteiger partial charge in [0.1, 0.15) is 0 Å². The molecule has 2 amide bonds. The SMILES string of the molecule is CC(C1CCCCC1)N1C(=O)CSC1=O. The van der Waals surface area contributed by atoms with E-state index in [4.69, 9.17) is 0 Å². The molecule has 0 aromatic heterocycles. The first-order valence-corrected chi connectivity index (χ1v) is 6.67. The van der Waals surface area contributed by atoms with Crippen LogP contribution in [0.1, 0.15) is 39.0 Å². The monoisotopic (exact) mass is 227 g/mol. The van der Waals surface area contributed by atoms with Crippen LogP contribution in [0.5, 0.6) is 0 Å². The first-order valence-electron chi connectivity index (χ1n) is 5.69. The number of imide groups is 1. The van der Waals surface area contributed by atoms with E-state index in [0.29, 0.717) is 11.7 Å². The van der Waals surface area contributed by atoms with Gasteiger partial charge >= 0.3 is 0 Å². The average molecular weight is 227 g/mol. The molecule has 3 nitrogen and oxygen atoms in total. The molecule has 0 radical (unpaired) electrons. The highest BCUT2D eigenvalue weighted by molar-refractivity contribution is 8.14. The van der Waals surface area contributed by atoms with Crippen molar-refractivity contribution in [3.63, 3.8) is 0 Å². The van der Waals surface area contributed by atoms with E-state index in [1.807, 2.05) is 6.92 Å². The van der Waals surface area contributed by atoms with E-state index in [1.165, 1.54) is 37.0 Å². The molecule has 2 fully saturated rings. The van der Waals surface area contributed by atoms with Gasteiger partial charge in [-0.3, -0.25) is 14.5 Å². The van der Waals surface area contributed by atoms with Gasteiger partial charge in [-0.2, -0.15) is 0 Å². The standard InChI is InChI=1S/C11H17NO2S/c1-8(9-5-3-2-4-6-9)12-10(13)7-15-11(12)14/h8-9H,2-7H2,1H3. The molecule has 0 N–H and O–H groups in total. The molecule has 1 heterocycles. The Morgan fingerprint density at radius 3 is 2.47 bits per heavy atom. The molecule has 0 spiro atoms. The molecule has 84 valence electrons. The zero-order valence-electron chi connectivity index (χ0n) is 9.07. The van der Waals surface area contributed by atoms with E-state index in [2.05, 4.69) is 0 Å². The predicted octanol–water partition coefficient (Wildman–Crippen LogP) is 2.65. The van der Waals surface area contributed by atoms with E-state index in [9.17, 15) is 9.59 Å². The predicted molar refractivity (Wildman–Crippen MR) is 60.7 cm³/mol. The molecule has 15 heavy (non-hydrogen) atoms. The number of carbonyl (C=O) groups excluding carboxylic acids is 2. The number of thioether (sulfide) groups is 1. The lowest BCUT2D eigenvalue weighted by molar-refractivity contribution is -0.126. The van der Waals surface area contributed by atoms with Gasteiger partial charge in [0.25, 0.3) is 5.24 Å². The molecule has 1 saturated carbocycles. The second-order valence-electron chi connectivity index (χ2n) is 4.46. The molecular weight excluding hydrogens is 210 g/mol. The van der Waals surface area contributed by atoms with E-state index in [-0.39, 0.29) is 17.2 Å². The van der Waals surface area contributed by atoms with Crippen LogP contribution in [0.2, 0.25) is 0 Å². The van der Waals surface area contributed by atoms with Crippen molar-refractivity contribution in [3.05, 3.63) is 0 Å². The zero-order valence-corrected chi connectivity index (χ0v) is 9.89. The maximum atomic E-state index is 11.6. The Morgan fingerprint density at radius 2 is 1.93 bits per heavy atom. The van der Waals surface area contributed by atoms with Gasteiger partial charge in [-0.1, -0.05) is 31.0 Å². The number of amides is 2. The molecule has 1 aliphatic carbocycles. The topological polar surface area (TPSA) is 37.4 Å². The Kier molecular flexibility index (Phi) is 3.34. The number of carbonyl (C=O) groups is 2. The highest BCUT2D eigenvalue weighted by Crippen LogP contribution is 2.32. The van der Waals surface area contributed by atoms with Crippen LogP contribution in [0.3, 0.4) is 0 Å². The van der Waals surface area contributed by atoms with E-state index >= 15 is 0 Å². The Balaban J connectivity index is 2.02. The fraction of sp³-hybridized carbons (Fsp3) is 0.818. The lowest BCUT2D eigenvalue weighted by Gasteiger charge is -2.32. The van der Waals surface area contributed by atoms with Gasteiger partial charge < -0.3 is 0 Å². The average Bonchev–Trinajstić information content (AvgIpc) is 2.59. The Bertz CT molecular complexity index is 258. The quantitative estimate of drug-likeness (QED) is 0.727. The molecule has 0 aromatic rings. The maximum absolute atomic E-state index is 11.6. The van der Waals surface area contributed by atoms with E-state index < -0.39 is 0 Å². The summed E-state index contributed by atoms with van der Waals surface area (Å²) in [6, 6.07) is 0.111. The van der Waals surface area contributed by atoms with E-state index in [0.717, 1.165) is 11.8 Å². The lowest BCUT2D eigenvalue weighted by Crippen LogP contribution is -2.42. The molecule has 1 saturated heterocycles. The third-order valence-corrected chi connectivity index (χ3v) is 4.36. The second kappa shape index (κ2) is 4.56. The van der Waals surface area contributed by atoms with E-state index in [1.54, 1.807) is 0 Å². The van der Waals surface area contributed by atoms with Crippen molar-refractivity contribution in [2.45, 2.75) is 45.1 Å². The Hall–Kier alpha value is -0.510. The smallest absolute Gasteiger partial charge is 0.273 e. The minimum absolute atomic E-state index is 0.00285. The number of hydrogen-bond acceptors (Lipinski definition) is 3. The first-order chi connectivity index (χ1) is 7.20. The maximum Gasteiger partial charge on any atom is 0.289 e. The molecule has 2 rings (SSSR count). The fourth-order valence-corrected chi connectivity index (χ4v) is 3.38. The normalized spacial score (nSPS) is 26.1. The van der Waals surface area contributed by atoms with Gasteiger partial charge in [0.15, 0.2) is 0 Å². The van der Waals surface area contributed by atoms with Gasteiger partial charge in [0.05, 0.1) is 5.75 Å². The first kappa shape index (κ1) is 11.0. The number of rotatable bonds is 2. The molecule has 2 aliphatic rings. The van der Waals surface area contributed by atoms with Crippen molar-refractivity contribution in [2.75, 3.05) is 5.75 Å². The number of hydrogen-bond donors (Lipinski definition) is 0. The molecule has 0 bridgehead atoms. The zero-order chi connectivity index (χ0) is 10.8. The van der Waals surface area contributed by atoms with Crippen LogP contribution < -0.4 is 0 Å². The van der Waals surface area contributed by atoms with Crippen LogP contribution in [0.25, 0.3) is 0 Å². The second-order valence-corrected chi connectivity index (χ2v) is 5.38. The van der Waals surface area contributed by atoms with Gasteiger partial charge in [0, 0.05) is 6.04 Å². The van der Waals surface area contributed by atoms with Crippen LogP contribution in [0.15, 0.2) is 0 Å². The summed E-state index contributed by atoms with van der Waals surface area (Å²) in [5.74, 6) is 0.879. The molecule has 0 aromatic carbocycles. The van der Waals surface area contributed by atoms with Crippen LogP contribution >= 0.6 is 11.8 Å². The highest BCUT2D eigenvalue weighted by atomic mass is 32.2. The van der Waals surface area contributed by atoms with Crippen molar-refractivity contribution in [1.29, 1.82) is 0 Å². The third-order valence-electron chi connectivity index (χ3n) is 3.52. The van der Waals surface area contributed by atoms with Crippen LogP contribution in [-0.4, -0.2) is 27.8 Å². The summed E-state index contributed by atoms with van der Waals surface area (Å²) in [4.78, 5) is 24.6. The summed E-state index contributed by atoms with van der Waals surface area (Å²) >= 11 is 1.14. The van der Waals surface area contributed by atoms with Gasteiger partial charge in [-0.15, -0.1) is 0 Å². The third kappa shape index (κ3) is 2.19. The molecular formula is C11H17NO2S. The van der Waals surface area contributed by atoms with Crippen LogP contribution in [0.4, 0.5) is 4.79 Å². The minimum Gasteiger partial charge on any atom is -0.273 e. The van der Waals surface area contributed by atoms with Crippen molar-refractivity contribution in [1.82, 2.24) is 4.90 Å². The minimum atomic E-state index is -0.0435.